The van der Waals surface area contributed by atoms with Crippen molar-refractivity contribution in [1.82, 2.24) is 0 Å². The van der Waals surface area contributed by atoms with Crippen molar-refractivity contribution in [3.63, 3.8) is 0 Å². The molecule has 2 heterocycles. The Labute approximate surface area is 120 Å². The molecule has 0 amide bonds. The largest absolute Gasteiger partial charge is 0.469 e. The predicted molar refractivity (Wildman–Crippen MR) is 80.4 cm³/mol. The van der Waals surface area contributed by atoms with Crippen molar-refractivity contribution >= 4 is 11.8 Å². The van der Waals surface area contributed by atoms with Crippen molar-refractivity contribution < 1.29 is 4.42 Å². The van der Waals surface area contributed by atoms with Crippen LogP contribution in [0.1, 0.15) is 51.2 Å². The highest BCUT2D eigenvalue weighted by molar-refractivity contribution is 8.00. The summed E-state index contributed by atoms with van der Waals surface area (Å²) in [4.78, 5) is 0. The summed E-state index contributed by atoms with van der Waals surface area (Å²) in [5, 5.41) is 0. The highest BCUT2D eigenvalue weighted by Crippen LogP contribution is 2.71. The molecule has 2 bridgehead atoms. The molecule has 1 aromatic heterocycles. The first-order valence-electron chi connectivity index (χ1n) is 7.73. The second-order valence-electron chi connectivity index (χ2n) is 7.66. The molecule has 4 rings (SSSR count). The molecule has 19 heavy (non-hydrogen) atoms. The van der Waals surface area contributed by atoms with E-state index in [1.54, 1.807) is 0 Å². The van der Waals surface area contributed by atoms with Crippen molar-refractivity contribution in [2.24, 2.45) is 22.7 Å². The fraction of sp³-hybridized carbons (Fsp3) is 0.765. The summed E-state index contributed by atoms with van der Waals surface area (Å²) in [6.45, 7) is 5.08. The zero-order valence-corrected chi connectivity index (χ0v) is 12.8. The summed E-state index contributed by atoms with van der Waals surface area (Å²) >= 11 is 2.12. The van der Waals surface area contributed by atoms with E-state index in [9.17, 15) is 0 Å². The number of hydrogen-bond donors (Lipinski definition) is 0. The van der Waals surface area contributed by atoms with Gasteiger partial charge in [0.2, 0.25) is 0 Å². The third-order valence-electron chi connectivity index (χ3n) is 6.33. The van der Waals surface area contributed by atoms with E-state index < -0.39 is 0 Å². The second-order valence-corrected chi connectivity index (χ2v) is 8.73. The van der Waals surface area contributed by atoms with E-state index in [-0.39, 0.29) is 0 Å². The molecule has 2 aliphatic carbocycles. The van der Waals surface area contributed by atoms with Gasteiger partial charge >= 0.3 is 0 Å². The third kappa shape index (κ3) is 1.68. The molecule has 1 aliphatic heterocycles. The van der Waals surface area contributed by atoms with Crippen molar-refractivity contribution in [3.05, 3.63) is 24.2 Å². The normalized spacial score (nSPS) is 45.6. The van der Waals surface area contributed by atoms with Gasteiger partial charge in [0.05, 0.1) is 6.26 Å². The van der Waals surface area contributed by atoms with Crippen LogP contribution in [-0.2, 0) is 0 Å². The van der Waals surface area contributed by atoms with Crippen LogP contribution >= 0.6 is 11.8 Å². The fourth-order valence-electron chi connectivity index (χ4n) is 5.56. The zero-order chi connectivity index (χ0) is 13.1. The van der Waals surface area contributed by atoms with Crippen LogP contribution < -0.4 is 0 Å². The Morgan fingerprint density at radius 1 is 1.37 bits per heavy atom. The molecule has 104 valence electrons. The average Bonchev–Trinajstić information content (AvgIpc) is 2.97. The molecule has 3 aliphatic rings. The maximum Gasteiger partial charge on any atom is 0.107 e. The molecule has 0 N–H and O–H groups in total. The molecular formula is C17H24OS. The lowest BCUT2D eigenvalue weighted by Crippen LogP contribution is -2.39. The van der Waals surface area contributed by atoms with Gasteiger partial charge in [-0.05, 0) is 72.0 Å². The van der Waals surface area contributed by atoms with Gasteiger partial charge < -0.3 is 4.42 Å². The Kier molecular flexibility index (Phi) is 2.65. The highest BCUT2D eigenvalue weighted by atomic mass is 32.2. The first-order valence-corrected chi connectivity index (χ1v) is 8.88. The molecule has 3 fully saturated rings. The molecule has 2 saturated carbocycles. The summed E-state index contributed by atoms with van der Waals surface area (Å²) in [5.74, 6) is 6.60. The van der Waals surface area contributed by atoms with Gasteiger partial charge in [-0.1, -0.05) is 13.8 Å². The van der Waals surface area contributed by atoms with Gasteiger partial charge in [-0.2, -0.15) is 11.8 Å². The summed E-state index contributed by atoms with van der Waals surface area (Å²) < 4.78 is 5.86. The number of furan rings is 1. The van der Waals surface area contributed by atoms with Crippen molar-refractivity contribution in [2.75, 3.05) is 11.5 Å². The molecular weight excluding hydrogens is 252 g/mol. The van der Waals surface area contributed by atoms with Crippen molar-refractivity contribution in [1.29, 1.82) is 0 Å². The molecule has 1 aromatic rings. The van der Waals surface area contributed by atoms with Crippen LogP contribution in [0.2, 0.25) is 0 Å². The van der Waals surface area contributed by atoms with E-state index in [1.807, 2.05) is 6.26 Å². The van der Waals surface area contributed by atoms with Gasteiger partial charge in [-0.15, -0.1) is 0 Å². The van der Waals surface area contributed by atoms with Crippen molar-refractivity contribution in [2.45, 2.75) is 45.4 Å². The molecule has 0 radical (unpaired) electrons. The molecule has 4 atom stereocenters. The first-order chi connectivity index (χ1) is 9.12. The minimum Gasteiger partial charge on any atom is -0.469 e. The maximum atomic E-state index is 5.86. The standard InChI is InChI=1S/C17H24OS/c1-16-6-5-13(9-16)17(2,8-12-10-19-11-12)15(16)14-4-3-7-18-14/h3-4,7,12-13,15H,5-6,8-11H2,1-2H3. The quantitative estimate of drug-likeness (QED) is 0.775. The molecule has 2 heteroatoms. The smallest absolute Gasteiger partial charge is 0.107 e. The van der Waals surface area contributed by atoms with Gasteiger partial charge in [-0.25, -0.2) is 0 Å². The van der Waals surface area contributed by atoms with E-state index >= 15 is 0 Å². The minimum atomic E-state index is 0.483. The van der Waals surface area contributed by atoms with Gasteiger partial charge in [-0.3, -0.25) is 0 Å². The molecule has 1 nitrogen and oxygen atoms in total. The van der Waals surface area contributed by atoms with Crippen LogP contribution in [0.3, 0.4) is 0 Å². The third-order valence-corrected chi connectivity index (χ3v) is 7.74. The van der Waals surface area contributed by atoms with E-state index in [2.05, 4.69) is 37.7 Å². The Hall–Kier alpha value is -0.370. The number of hydrogen-bond acceptors (Lipinski definition) is 2. The fourth-order valence-corrected chi connectivity index (χ4v) is 6.37. The predicted octanol–water partition coefficient (Wildman–Crippen LogP) is 4.94. The van der Waals surface area contributed by atoms with Gasteiger partial charge in [0.25, 0.3) is 0 Å². The molecule has 4 unspecified atom stereocenters. The minimum absolute atomic E-state index is 0.483. The van der Waals surface area contributed by atoms with Crippen molar-refractivity contribution in [3.8, 4) is 0 Å². The van der Waals surface area contributed by atoms with Crippen LogP contribution in [0.5, 0.6) is 0 Å². The molecule has 0 spiro atoms. The van der Waals surface area contributed by atoms with Crippen LogP contribution in [0.15, 0.2) is 22.8 Å². The Bertz CT molecular complexity index is 464. The lowest BCUT2D eigenvalue weighted by Gasteiger charge is -2.47. The second kappa shape index (κ2) is 4.07. The van der Waals surface area contributed by atoms with E-state index in [0.717, 1.165) is 11.8 Å². The van der Waals surface area contributed by atoms with Crippen LogP contribution in [-0.4, -0.2) is 11.5 Å². The van der Waals surface area contributed by atoms with E-state index in [4.69, 9.17) is 4.42 Å². The number of thioether (sulfide) groups is 1. The first kappa shape index (κ1) is 12.4. The van der Waals surface area contributed by atoms with Gasteiger partial charge in [0.15, 0.2) is 0 Å². The topological polar surface area (TPSA) is 13.1 Å². The summed E-state index contributed by atoms with van der Waals surface area (Å²) in [7, 11) is 0. The molecule has 0 aromatic carbocycles. The summed E-state index contributed by atoms with van der Waals surface area (Å²) in [6, 6.07) is 4.30. The monoisotopic (exact) mass is 276 g/mol. The maximum absolute atomic E-state index is 5.86. The zero-order valence-electron chi connectivity index (χ0n) is 12.0. The SMILES string of the molecule is CC12CCC(C1)C(C)(CC1CSC1)C2c1ccco1. The summed E-state index contributed by atoms with van der Waals surface area (Å²) in [5.41, 5.74) is 0.977. The van der Waals surface area contributed by atoms with Gasteiger partial charge in [0.1, 0.15) is 5.76 Å². The number of rotatable bonds is 3. The van der Waals surface area contributed by atoms with Crippen LogP contribution in [0.4, 0.5) is 0 Å². The van der Waals surface area contributed by atoms with E-state index in [1.165, 1.54) is 42.9 Å². The number of fused-ring (bicyclic) bond motifs is 2. The lowest BCUT2D eigenvalue weighted by molar-refractivity contribution is 0.0773. The van der Waals surface area contributed by atoms with Crippen LogP contribution in [0.25, 0.3) is 0 Å². The van der Waals surface area contributed by atoms with Gasteiger partial charge in [0, 0.05) is 5.92 Å². The Balaban J connectivity index is 1.71. The lowest BCUT2D eigenvalue weighted by atomic mass is 9.59. The summed E-state index contributed by atoms with van der Waals surface area (Å²) in [6.07, 6.45) is 7.56. The van der Waals surface area contributed by atoms with Crippen LogP contribution in [0, 0.1) is 22.7 Å². The van der Waals surface area contributed by atoms with E-state index in [0.29, 0.717) is 16.7 Å². The Morgan fingerprint density at radius 3 is 2.84 bits per heavy atom. The molecule has 1 saturated heterocycles. The average molecular weight is 276 g/mol. The Morgan fingerprint density at radius 2 is 2.21 bits per heavy atom. The highest BCUT2D eigenvalue weighted by Gasteiger charge is 2.62.